The molecule has 30 heavy (non-hydrogen) atoms. The lowest BCUT2D eigenvalue weighted by molar-refractivity contribution is -0.137. The van der Waals surface area contributed by atoms with Gasteiger partial charge in [-0.15, -0.1) is 0 Å². The van der Waals surface area contributed by atoms with Crippen LogP contribution in [0.5, 0.6) is 0 Å². The maximum atomic E-state index is 13.0. The summed E-state index contributed by atoms with van der Waals surface area (Å²) >= 11 is 0. The molecule has 2 fully saturated rings. The number of carbonyl (C=O) groups is 2. The summed E-state index contributed by atoms with van der Waals surface area (Å²) in [5.74, 6) is 0.285. The fourth-order valence-corrected chi connectivity index (χ4v) is 4.52. The lowest BCUT2D eigenvalue weighted by atomic mass is 9.90. The van der Waals surface area contributed by atoms with E-state index in [1.165, 1.54) is 17.7 Å². The van der Waals surface area contributed by atoms with Gasteiger partial charge in [0.05, 0.1) is 0 Å². The zero-order valence-corrected chi connectivity index (χ0v) is 17.7. The number of aliphatic hydroxyl groups is 1. The molecular formula is C23H34FN3O3. The Morgan fingerprint density at radius 2 is 1.70 bits per heavy atom. The highest BCUT2D eigenvalue weighted by Crippen LogP contribution is 2.22. The largest absolute Gasteiger partial charge is 0.387 e. The summed E-state index contributed by atoms with van der Waals surface area (Å²) < 4.78 is 13.0. The molecule has 0 bridgehead atoms. The molecule has 2 aliphatic heterocycles. The smallest absolute Gasteiger partial charge is 0.248 e. The first-order chi connectivity index (χ1) is 14.5. The summed E-state index contributed by atoms with van der Waals surface area (Å²) in [5.41, 5.74) is 1.21. The van der Waals surface area contributed by atoms with Crippen LogP contribution in [0.25, 0.3) is 0 Å². The molecule has 0 atom stereocenters. The maximum absolute atomic E-state index is 13.0. The van der Waals surface area contributed by atoms with E-state index in [0.717, 1.165) is 45.3 Å². The van der Waals surface area contributed by atoms with Gasteiger partial charge in [-0.1, -0.05) is 12.1 Å². The molecule has 3 rings (SSSR count). The van der Waals surface area contributed by atoms with Crippen LogP contribution in [0.15, 0.2) is 24.3 Å². The predicted molar refractivity (Wildman–Crippen MR) is 113 cm³/mol. The Morgan fingerprint density at radius 3 is 2.33 bits per heavy atom. The lowest BCUT2D eigenvalue weighted by Gasteiger charge is -2.32. The van der Waals surface area contributed by atoms with Crippen LogP contribution < -0.4 is 5.32 Å². The predicted octanol–water partition coefficient (Wildman–Crippen LogP) is 1.82. The number of amides is 2. The molecule has 0 unspecified atom stereocenters. The minimum atomic E-state index is -0.458. The summed E-state index contributed by atoms with van der Waals surface area (Å²) in [6, 6.07) is 6.85. The van der Waals surface area contributed by atoms with Crippen molar-refractivity contribution in [1.29, 1.82) is 0 Å². The van der Waals surface area contributed by atoms with E-state index in [0.29, 0.717) is 38.4 Å². The number of halogens is 1. The Hall–Kier alpha value is -1.99. The number of rotatable bonds is 8. The van der Waals surface area contributed by atoms with Gasteiger partial charge in [0.25, 0.3) is 0 Å². The molecule has 2 aliphatic rings. The second kappa shape index (κ2) is 11.4. The van der Waals surface area contributed by atoms with Crippen LogP contribution in [-0.2, 0) is 16.0 Å². The van der Waals surface area contributed by atoms with Gasteiger partial charge < -0.3 is 20.2 Å². The van der Waals surface area contributed by atoms with E-state index >= 15 is 0 Å². The fourth-order valence-electron chi connectivity index (χ4n) is 4.52. The molecule has 1 aromatic rings. The number of nitrogens with one attached hydrogen (secondary N) is 1. The van der Waals surface area contributed by atoms with Crippen molar-refractivity contribution in [2.45, 2.75) is 38.5 Å². The Balaban J connectivity index is 1.25. The molecule has 2 saturated heterocycles. The van der Waals surface area contributed by atoms with Crippen LogP contribution in [0.1, 0.15) is 37.7 Å². The van der Waals surface area contributed by atoms with Crippen LogP contribution >= 0.6 is 0 Å². The van der Waals surface area contributed by atoms with Crippen molar-refractivity contribution in [2.75, 3.05) is 45.9 Å². The summed E-state index contributed by atoms with van der Waals surface area (Å²) in [4.78, 5) is 27.9. The van der Waals surface area contributed by atoms with Gasteiger partial charge in [0.15, 0.2) is 0 Å². The topological polar surface area (TPSA) is 72.9 Å². The van der Waals surface area contributed by atoms with Crippen LogP contribution in [0.2, 0.25) is 0 Å². The highest BCUT2D eigenvalue weighted by atomic mass is 19.1. The molecule has 1 aromatic carbocycles. The lowest BCUT2D eigenvalue weighted by Crippen LogP contribution is -2.44. The van der Waals surface area contributed by atoms with E-state index in [2.05, 4.69) is 10.2 Å². The van der Waals surface area contributed by atoms with E-state index in [1.54, 1.807) is 4.90 Å². The van der Waals surface area contributed by atoms with Crippen molar-refractivity contribution in [1.82, 2.24) is 15.1 Å². The van der Waals surface area contributed by atoms with Gasteiger partial charge in [0.2, 0.25) is 11.8 Å². The monoisotopic (exact) mass is 419 g/mol. The molecule has 2 heterocycles. The number of nitrogens with zero attached hydrogens (tertiary/aromatic N) is 2. The number of hydrogen-bond acceptors (Lipinski definition) is 4. The number of piperidine rings is 2. The van der Waals surface area contributed by atoms with Gasteiger partial charge in [-0.2, -0.15) is 0 Å². The highest BCUT2D eigenvalue weighted by molar-refractivity contribution is 5.80. The number of carbonyl (C=O) groups excluding carboxylic acids is 2. The standard InChI is InChI=1S/C23H34FN3O3/c24-21-4-2-18(3-5-21)16-19-6-12-26(13-7-19)11-1-10-25-23(30)20-8-14-27(15-9-20)22(29)17-28/h2-5,19-20,28H,1,6-17H2,(H,25,30). The number of likely N-dealkylation sites (tertiary alicyclic amines) is 2. The first-order valence-electron chi connectivity index (χ1n) is 11.2. The molecule has 0 saturated carbocycles. The van der Waals surface area contributed by atoms with E-state index in [4.69, 9.17) is 5.11 Å². The van der Waals surface area contributed by atoms with Gasteiger partial charge in [0.1, 0.15) is 12.4 Å². The Morgan fingerprint density at radius 1 is 1.03 bits per heavy atom. The average molecular weight is 420 g/mol. The van der Waals surface area contributed by atoms with Gasteiger partial charge in [0, 0.05) is 25.6 Å². The van der Waals surface area contributed by atoms with Crippen LogP contribution in [0, 0.1) is 17.7 Å². The third-order valence-electron chi connectivity index (χ3n) is 6.45. The third-order valence-corrected chi connectivity index (χ3v) is 6.45. The quantitative estimate of drug-likeness (QED) is 0.631. The van der Waals surface area contributed by atoms with E-state index in [1.807, 2.05) is 12.1 Å². The summed E-state index contributed by atoms with van der Waals surface area (Å²) in [6.07, 6.45) is 5.62. The van der Waals surface area contributed by atoms with Gasteiger partial charge in [-0.05, 0) is 81.8 Å². The molecule has 2 N–H and O–H groups in total. The van der Waals surface area contributed by atoms with Crippen LogP contribution in [0.4, 0.5) is 4.39 Å². The molecule has 0 aliphatic carbocycles. The maximum Gasteiger partial charge on any atom is 0.248 e. The molecule has 0 spiro atoms. The van der Waals surface area contributed by atoms with Crippen LogP contribution in [0.3, 0.4) is 0 Å². The molecule has 0 aromatic heterocycles. The third kappa shape index (κ3) is 6.77. The first-order valence-corrected chi connectivity index (χ1v) is 11.2. The van der Waals surface area contributed by atoms with E-state index in [9.17, 15) is 14.0 Å². The summed E-state index contributed by atoms with van der Waals surface area (Å²) in [7, 11) is 0. The van der Waals surface area contributed by atoms with Crippen molar-refractivity contribution in [3.63, 3.8) is 0 Å². The molecule has 166 valence electrons. The van der Waals surface area contributed by atoms with E-state index in [-0.39, 0.29) is 23.5 Å². The SMILES string of the molecule is O=C(NCCCN1CCC(Cc2ccc(F)cc2)CC1)C1CCN(C(=O)CO)CC1. The zero-order valence-electron chi connectivity index (χ0n) is 17.7. The van der Waals surface area contributed by atoms with Gasteiger partial charge >= 0.3 is 0 Å². The summed E-state index contributed by atoms with van der Waals surface area (Å²) in [6.45, 7) is 4.47. The molecule has 7 heteroatoms. The molecule has 2 amide bonds. The molecular weight excluding hydrogens is 385 g/mol. The Kier molecular flexibility index (Phi) is 8.63. The van der Waals surface area contributed by atoms with E-state index < -0.39 is 6.61 Å². The molecule has 6 nitrogen and oxygen atoms in total. The Bertz CT molecular complexity index is 681. The Labute approximate surface area is 178 Å². The minimum Gasteiger partial charge on any atom is -0.387 e. The second-order valence-corrected chi connectivity index (χ2v) is 8.57. The van der Waals surface area contributed by atoms with Crippen molar-refractivity contribution < 1.29 is 19.1 Å². The minimum absolute atomic E-state index is 0.0325. The zero-order chi connectivity index (χ0) is 21.3. The normalized spacial score (nSPS) is 19.1. The van der Waals surface area contributed by atoms with Crippen molar-refractivity contribution in [3.05, 3.63) is 35.6 Å². The molecule has 0 radical (unpaired) electrons. The second-order valence-electron chi connectivity index (χ2n) is 8.57. The number of benzene rings is 1. The highest BCUT2D eigenvalue weighted by Gasteiger charge is 2.26. The fraction of sp³-hybridized carbons (Fsp3) is 0.652. The first kappa shape index (κ1) is 22.7. The van der Waals surface area contributed by atoms with Crippen molar-refractivity contribution >= 4 is 11.8 Å². The average Bonchev–Trinajstić information content (AvgIpc) is 2.78. The number of hydrogen-bond donors (Lipinski definition) is 2. The van der Waals surface area contributed by atoms with Crippen molar-refractivity contribution in [3.8, 4) is 0 Å². The van der Waals surface area contributed by atoms with Gasteiger partial charge in [-0.3, -0.25) is 9.59 Å². The number of aliphatic hydroxyl groups excluding tert-OH is 1. The van der Waals surface area contributed by atoms with Crippen molar-refractivity contribution in [2.24, 2.45) is 11.8 Å². The van der Waals surface area contributed by atoms with Gasteiger partial charge in [-0.25, -0.2) is 4.39 Å². The summed E-state index contributed by atoms with van der Waals surface area (Å²) in [5, 5.41) is 12.0. The van der Waals surface area contributed by atoms with Crippen LogP contribution in [-0.4, -0.2) is 72.6 Å².